The molecule has 1 rings (SSSR count). The molecule has 0 aromatic heterocycles. The zero-order valence-electron chi connectivity index (χ0n) is 15.8. The topological polar surface area (TPSA) is 35.2 Å². The molecule has 0 saturated carbocycles. The van der Waals surface area contributed by atoms with Gasteiger partial charge < -0.3 is 10.5 Å². The number of methoxy groups -OCH3 is 1. The van der Waals surface area contributed by atoms with Gasteiger partial charge >= 0.3 is 0 Å². The lowest BCUT2D eigenvalue weighted by Crippen LogP contribution is -1.94. The molecule has 2 N–H and O–H groups in total. The maximum Gasteiger partial charge on any atom is 0.123 e. The molecule has 1 aromatic carbocycles. The Morgan fingerprint density at radius 3 is 2.17 bits per heavy atom. The summed E-state index contributed by atoms with van der Waals surface area (Å²) >= 11 is 0. The van der Waals surface area contributed by atoms with Gasteiger partial charge in [-0.1, -0.05) is 70.9 Å². The maximum atomic E-state index is 13.0. The summed E-state index contributed by atoms with van der Waals surface area (Å²) in [6.07, 6.45) is 15.5. The highest BCUT2D eigenvalue weighted by molar-refractivity contribution is 5.34. The van der Waals surface area contributed by atoms with Crippen molar-refractivity contribution in [3.8, 4) is 5.75 Å². The minimum atomic E-state index is -0.228. The van der Waals surface area contributed by atoms with E-state index in [1.165, 1.54) is 57.1 Å². The van der Waals surface area contributed by atoms with Gasteiger partial charge in [-0.2, -0.15) is 0 Å². The number of allylic oxidation sites excluding steroid dienone is 1. The van der Waals surface area contributed by atoms with E-state index in [1.54, 1.807) is 13.2 Å². The Morgan fingerprint density at radius 1 is 1.00 bits per heavy atom. The molecule has 0 aliphatic heterocycles. The molecule has 0 unspecified atom stereocenters. The molecule has 3 heteroatoms. The number of ether oxygens (including phenoxy) is 1. The van der Waals surface area contributed by atoms with Crippen molar-refractivity contribution in [1.29, 1.82) is 0 Å². The molecule has 0 radical (unpaired) electrons. The molecule has 24 heavy (non-hydrogen) atoms. The van der Waals surface area contributed by atoms with E-state index >= 15 is 0 Å². The second kappa shape index (κ2) is 16.5. The standard InChI is InChI=1S/C12H16FNO.C9H20/c1-15-12-7-6-11(13)9-10(12)5-3-2-4-8-14;1-3-5-7-9-8-6-4-2/h2,4,6-7,9H,3,5,8,14H2,1H3;3-9H2,1-2H3/b4-2+;. The van der Waals surface area contributed by atoms with Crippen LogP contribution in [0.25, 0.3) is 0 Å². The fourth-order valence-corrected chi connectivity index (χ4v) is 2.43. The van der Waals surface area contributed by atoms with Crippen LogP contribution in [-0.4, -0.2) is 13.7 Å². The summed E-state index contributed by atoms with van der Waals surface area (Å²) in [6, 6.07) is 4.56. The first-order valence-electron chi connectivity index (χ1n) is 9.37. The fourth-order valence-electron chi connectivity index (χ4n) is 2.43. The minimum absolute atomic E-state index is 0.228. The number of aryl methyl sites for hydroxylation is 1. The Hall–Kier alpha value is -1.35. The largest absolute Gasteiger partial charge is 0.496 e. The number of rotatable bonds is 11. The molecule has 1 aromatic rings. The van der Waals surface area contributed by atoms with Crippen LogP contribution in [0, 0.1) is 5.82 Å². The van der Waals surface area contributed by atoms with Crippen LogP contribution in [0.2, 0.25) is 0 Å². The lowest BCUT2D eigenvalue weighted by Gasteiger charge is -2.06. The predicted molar refractivity (Wildman–Crippen MR) is 103 cm³/mol. The molecule has 0 aliphatic rings. The number of unbranched alkanes of at least 4 members (excludes halogenated alkanes) is 6. The molecule has 138 valence electrons. The van der Waals surface area contributed by atoms with E-state index in [0.29, 0.717) is 6.54 Å². The quantitative estimate of drug-likeness (QED) is 0.395. The van der Waals surface area contributed by atoms with E-state index < -0.39 is 0 Å². The van der Waals surface area contributed by atoms with Crippen molar-refractivity contribution in [3.63, 3.8) is 0 Å². The van der Waals surface area contributed by atoms with Gasteiger partial charge in [-0.3, -0.25) is 0 Å². The van der Waals surface area contributed by atoms with Gasteiger partial charge in [0.15, 0.2) is 0 Å². The summed E-state index contributed by atoms with van der Waals surface area (Å²) < 4.78 is 18.1. The van der Waals surface area contributed by atoms with Crippen LogP contribution >= 0.6 is 0 Å². The Balaban J connectivity index is 0.000000506. The van der Waals surface area contributed by atoms with Gasteiger partial charge in [0.05, 0.1) is 7.11 Å². The van der Waals surface area contributed by atoms with Crippen molar-refractivity contribution in [3.05, 3.63) is 41.7 Å². The predicted octanol–water partition coefficient (Wildman–Crippen LogP) is 6.04. The Bertz CT molecular complexity index is 426. The van der Waals surface area contributed by atoms with Crippen molar-refractivity contribution in [1.82, 2.24) is 0 Å². The number of benzene rings is 1. The molecule has 0 amide bonds. The second-order valence-electron chi connectivity index (χ2n) is 5.97. The van der Waals surface area contributed by atoms with Crippen molar-refractivity contribution < 1.29 is 9.13 Å². The summed E-state index contributed by atoms with van der Waals surface area (Å²) in [7, 11) is 1.59. The van der Waals surface area contributed by atoms with E-state index in [2.05, 4.69) is 13.8 Å². The molecule has 0 heterocycles. The summed E-state index contributed by atoms with van der Waals surface area (Å²) in [6.45, 7) is 5.07. The first-order valence-corrected chi connectivity index (χ1v) is 9.37. The molecule has 0 fully saturated rings. The van der Waals surface area contributed by atoms with Crippen LogP contribution in [0.4, 0.5) is 4.39 Å². The molecular weight excluding hydrogens is 301 g/mol. The Labute approximate surface area is 148 Å². The third kappa shape index (κ3) is 12.1. The monoisotopic (exact) mass is 337 g/mol. The number of halogens is 1. The van der Waals surface area contributed by atoms with Gasteiger partial charge in [0.25, 0.3) is 0 Å². The number of hydrogen-bond acceptors (Lipinski definition) is 2. The molecule has 0 aliphatic carbocycles. The first kappa shape index (κ1) is 22.6. The zero-order chi connectivity index (χ0) is 18.0. The van der Waals surface area contributed by atoms with E-state index in [-0.39, 0.29) is 5.82 Å². The Morgan fingerprint density at radius 2 is 1.62 bits per heavy atom. The first-order chi connectivity index (χ1) is 11.7. The average Bonchev–Trinajstić information content (AvgIpc) is 2.59. The van der Waals surface area contributed by atoms with E-state index in [0.717, 1.165) is 24.2 Å². The van der Waals surface area contributed by atoms with Crippen LogP contribution in [0.1, 0.15) is 70.8 Å². The molecular formula is C21H36FNO. The van der Waals surface area contributed by atoms with Gasteiger partial charge in [0.2, 0.25) is 0 Å². The van der Waals surface area contributed by atoms with Crippen LogP contribution in [0.15, 0.2) is 30.4 Å². The van der Waals surface area contributed by atoms with Gasteiger partial charge in [0.1, 0.15) is 11.6 Å². The highest BCUT2D eigenvalue weighted by Crippen LogP contribution is 2.20. The van der Waals surface area contributed by atoms with E-state index in [9.17, 15) is 4.39 Å². The van der Waals surface area contributed by atoms with Gasteiger partial charge in [0, 0.05) is 6.54 Å². The lowest BCUT2D eigenvalue weighted by molar-refractivity contribution is 0.408. The maximum absolute atomic E-state index is 13.0. The third-order valence-electron chi connectivity index (χ3n) is 3.83. The molecule has 0 atom stereocenters. The van der Waals surface area contributed by atoms with Crippen molar-refractivity contribution in [2.75, 3.05) is 13.7 Å². The summed E-state index contributed by atoms with van der Waals surface area (Å²) in [5, 5.41) is 0. The van der Waals surface area contributed by atoms with Crippen molar-refractivity contribution in [2.24, 2.45) is 5.73 Å². The molecule has 2 nitrogen and oxygen atoms in total. The smallest absolute Gasteiger partial charge is 0.123 e. The SMILES string of the molecule is CCCCCCCCC.COc1ccc(F)cc1CC/C=C/CN. The number of hydrogen-bond donors (Lipinski definition) is 1. The minimum Gasteiger partial charge on any atom is -0.496 e. The second-order valence-corrected chi connectivity index (χ2v) is 5.97. The summed E-state index contributed by atoms with van der Waals surface area (Å²) in [5.41, 5.74) is 6.20. The normalized spacial score (nSPS) is 10.5. The van der Waals surface area contributed by atoms with Crippen molar-refractivity contribution >= 4 is 0 Å². The van der Waals surface area contributed by atoms with Crippen molar-refractivity contribution in [2.45, 2.75) is 71.6 Å². The number of nitrogens with two attached hydrogens (primary N) is 1. The highest BCUT2D eigenvalue weighted by Gasteiger charge is 2.03. The van der Waals surface area contributed by atoms with Gasteiger partial charge in [-0.15, -0.1) is 0 Å². The average molecular weight is 338 g/mol. The van der Waals surface area contributed by atoms with Crippen LogP contribution in [0.5, 0.6) is 5.75 Å². The van der Waals surface area contributed by atoms with Gasteiger partial charge in [-0.05, 0) is 36.6 Å². The van der Waals surface area contributed by atoms with Crippen LogP contribution < -0.4 is 10.5 Å². The zero-order valence-corrected chi connectivity index (χ0v) is 15.8. The lowest BCUT2D eigenvalue weighted by atomic mass is 10.1. The summed E-state index contributed by atoms with van der Waals surface area (Å²) in [4.78, 5) is 0. The van der Waals surface area contributed by atoms with Crippen LogP contribution in [-0.2, 0) is 6.42 Å². The molecule has 0 spiro atoms. The van der Waals surface area contributed by atoms with E-state index in [1.807, 2.05) is 12.2 Å². The Kier molecular flexibility index (Phi) is 15.6. The fraction of sp³-hybridized carbons (Fsp3) is 0.619. The van der Waals surface area contributed by atoms with E-state index in [4.69, 9.17) is 10.5 Å². The highest BCUT2D eigenvalue weighted by atomic mass is 19.1. The summed E-state index contributed by atoms with van der Waals surface area (Å²) in [5.74, 6) is 0.506. The van der Waals surface area contributed by atoms with Gasteiger partial charge in [-0.25, -0.2) is 4.39 Å². The molecule has 0 saturated heterocycles. The third-order valence-corrected chi connectivity index (χ3v) is 3.83. The molecule has 0 bridgehead atoms. The van der Waals surface area contributed by atoms with Crippen LogP contribution in [0.3, 0.4) is 0 Å².